The van der Waals surface area contributed by atoms with E-state index in [1.165, 1.54) is 47.5 Å². The summed E-state index contributed by atoms with van der Waals surface area (Å²) in [7, 11) is 0. The molecule has 1 fully saturated rings. The molecule has 0 atom stereocenters. The zero-order valence-electron chi connectivity index (χ0n) is 11.4. The van der Waals surface area contributed by atoms with Gasteiger partial charge in [-0.1, -0.05) is 31.4 Å². The highest BCUT2D eigenvalue weighted by atomic mass is 32.2. The van der Waals surface area contributed by atoms with Crippen molar-refractivity contribution in [2.24, 2.45) is 5.73 Å². The van der Waals surface area contributed by atoms with Gasteiger partial charge in [-0.25, -0.2) is 0 Å². The van der Waals surface area contributed by atoms with E-state index in [0.717, 1.165) is 6.54 Å². The van der Waals surface area contributed by atoms with Crippen LogP contribution in [0.4, 0.5) is 0 Å². The number of benzene rings is 1. The van der Waals surface area contributed by atoms with Crippen molar-refractivity contribution in [3.63, 3.8) is 0 Å². The molecular weight excluding hydrogens is 258 g/mol. The lowest BCUT2D eigenvalue weighted by molar-refractivity contribution is 0.296. The van der Waals surface area contributed by atoms with Crippen molar-refractivity contribution in [1.82, 2.24) is 0 Å². The van der Waals surface area contributed by atoms with Crippen molar-refractivity contribution in [3.05, 3.63) is 23.8 Å². The quantitative estimate of drug-likeness (QED) is 0.834. The van der Waals surface area contributed by atoms with Gasteiger partial charge >= 0.3 is 0 Å². The molecule has 1 aromatic carbocycles. The van der Waals surface area contributed by atoms with E-state index in [0.29, 0.717) is 0 Å². The first-order valence-electron chi connectivity index (χ1n) is 6.69. The molecule has 18 heavy (non-hydrogen) atoms. The van der Waals surface area contributed by atoms with Gasteiger partial charge in [0.05, 0.1) is 0 Å². The maximum Gasteiger partial charge on any atom is 0.0243 e. The van der Waals surface area contributed by atoms with E-state index in [1.54, 1.807) is 0 Å². The fourth-order valence-electron chi connectivity index (χ4n) is 3.12. The van der Waals surface area contributed by atoms with Crippen LogP contribution in [0, 0.1) is 0 Å². The summed E-state index contributed by atoms with van der Waals surface area (Å²) in [6.07, 6.45) is 10.9. The Kier molecular flexibility index (Phi) is 5.05. The molecule has 0 amide bonds. The second-order valence-corrected chi connectivity index (χ2v) is 6.75. The number of hydrogen-bond acceptors (Lipinski definition) is 3. The lowest BCUT2D eigenvalue weighted by atomic mass is 9.69. The molecule has 0 saturated heterocycles. The van der Waals surface area contributed by atoms with Crippen LogP contribution in [0.5, 0.6) is 0 Å². The van der Waals surface area contributed by atoms with Crippen molar-refractivity contribution in [3.8, 4) is 0 Å². The van der Waals surface area contributed by atoms with Gasteiger partial charge < -0.3 is 5.73 Å². The van der Waals surface area contributed by atoms with E-state index in [2.05, 4.69) is 30.7 Å². The van der Waals surface area contributed by atoms with Crippen molar-refractivity contribution in [2.75, 3.05) is 19.1 Å². The lowest BCUT2D eigenvalue weighted by Crippen LogP contribution is -2.37. The van der Waals surface area contributed by atoms with E-state index >= 15 is 0 Å². The van der Waals surface area contributed by atoms with Crippen molar-refractivity contribution in [1.29, 1.82) is 0 Å². The maximum absolute atomic E-state index is 6.17. The lowest BCUT2D eigenvalue weighted by Gasteiger charge is -2.38. The molecule has 1 aromatic rings. The predicted molar refractivity (Wildman–Crippen MR) is 83.8 cm³/mol. The Hall–Kier alpha value is -0.120. The van der Waals surface area contributed by atoms with Gasteiger partial charge in [0.1, 0.15) is 0 Å². The molecule has 100 valence electrons. The Morgan fingerprint density at radius 2 is 1.83 bits per heavy atom. The molecule has 1 aliphatic rings. The summed E-state index contributed by atoms with van der Waals surface area (Å²) in [5.41, 5.74) is 7.91. The minimum Gasteiger partial charge on any atom is -0.330 e. The molecule has 0 aliphatic heterocycles. The molecule has 0 bridgehead atoms. The van der Waals surface area contributed by atoms with E-state index in [1.807, 2.05) is 23.5 Å². The number of hydrogen-bond donors (Lipinski definition) is 1. The second-order valence-electron chi connectivity index (χ2n) is 5.09. The van der Waals surface area contributed by atoms with Gasteiger partial charge in [0.25, 0.3) is 0 Å². The molecule has 1 saturated carbocycles. The van der Waals surface area contributed by atoms with Crippen LogP contribution in [0.3, 0.4) is 0 Å². The summed E-state index contributed by atoms with van der Waals surface area (Å²) < 4.78 is 0. The van der Waals surface area contributed by atoms with E-state index in [4.69, 9.17) is 5.73 Å². The Morgan fingerprint density at radius 3 is 2.39 bits per heavy atom. The van der Waals surface area contributed by atoms with Crippen molar-refractivity contribution >= 4 is 23.5 Å². The van der Waals surface area contributed by atoms with Crippen LogP contribution < -0.4 is 5.73 Å². The van der Waals surface area contributed by atoms with E-state index < -0.39 is 0 Å². The molecule has 1 nitrogen and oxygen atoms in total. The zero-order chi connectivity index (χ0) is 13.0. The van der Waals surface area contributed by atoms with Gasteiger partial charge in [0.2, 0.25) is 0 Å². The Morgan fingerprint density at radius 1 is 1.11 bits per heavy atom. The summed E-state index contributed by atoms with van der Waals surface area (Å²) >= 11 is 3.72. The summed E-state index contributed by atoms with van der Waals surface area (Å²) in [5, 5.41) is 0. The zero-order valence-corrected chi connectivity index (χ0v) is 13.0. The molecule has 0 heterocycles. The third-order valence-corrected chi connectivity index (χ3v) is 5.93. The van der Waals surface area contributed by atoms with Gasteiger partial charge in [-0.05, 0) is 37.0 Å². The van der Waals surface area contributed by atoms with Crippen LogP contribution in [0.25, 0.3) is 0 Å². The normalized spacial score (nSPS) is 18.8. The average Bonchev–Trinajstić information content (AvgIpc) is 2.47. The third-order valence-electron chi connectivity index (χ3n) is 4.18. The van der Waals surface area contributed by atoms with Gasteiger partial charge in [0, 0.05) is 21.8 Å². The number of thioether (sulfide) groups is 2. The summed E-state index contributed by atoms with van der Waals surface area (Å²) in [6, 6.07) is 6.74. The highest BCUT2D eigenvalue weighted by Crippen LogP contribution is 2.44. The smallest absolute Gasteiger partial charge is 0.0243 e. The van der Waals surface area contributed by atoms with Crippen LogP contribution >= 0.6 is 23.5 Å². The van der Waals surface area contributed by atoms with Crippen LogP contribution in [-0.4, -0.2) is 19.1 Å². The maximum atomic E-state index is 6.17. The fraction of sp³-hybridized carbons (Fsp3) is 0.600. The average molecular weight is 281 g/mol. The minimum absolute atomic E-state index is 0.238. The first kappa shape index (κ1) is 14.3. The molecule has 3 heteroatoms. The van der Waals surface area contributed by atoms with Crippen LogP contribution in [0.1, 0.15) is 37.7 Å². The summed E-state index contributed by atoms with van der Waals surface area (Å²) in [6.45, 7) is 0.790. The first-order chi connectivity index (χ1) is 8.77. The summed E-state index contributed by atoms with van der Waals surface area (Å²) in [4.78, 5) is 2.86. The number of nitrogens with two attached hydrogens (primary N) is 1. The molecule has 0 spiro atoms. The number of rotatable bonds is 4. The van der Waals surface area contributed by atoms with Gasteiger partial charge in [0.15, 0.2) is 0 Å². The molecule has 2 rings (SSSR count). The minimum atomic E-state index is 0.238. The molecule has 0 unspecified atom stereocenters. The van der Waals surface area contributed by atoms with Gasteiger partial charge in [-0.2, -0.15) is 0 Å². The van der Waals surface area contributed by atoms with Crippen LogP contribution in [0.2, 0.25) is 0 Å². The monoisotopic (exact) mass is 281 g/mol. The molecule has 0 aromatic heterocycles. The molecule has 2 N–H and O–H groups in total. The second kappa shape index (κ2) is 6.36. The fourth-order valence-corrected chi connectivity index (χ4v) is 4.90. The highest BCUT2D eigenvalue weighted by molar-refractivity contribution is 8.01. The topological polar surface area (TPSA) is 26.0 Å². The van der Waals surface area contributed by atoms with Gasteiger partial charge in [-0.15, -0.1) is 23.5 Å². The Balaban J connectivity index is 2.47. The Labute approximate surface area is 119 Å². The Bertz CT molecular complexity index is 397. The highest BCUT2D eigenvalue weighted by Gasteiger charge is 2.34. The van der Waals surface area contributed by atoms with Crippen molar-refractivity contribution < 1.29 is 0 Å². The van der Waals surface area contributed by atoms with Crippen LogP contribution in [-0.2, 0) is 5.41 Å². The standard InChI is InChI=1S/C15H23NS2/c1-17-13-8-6-7-12(14(13)18-2)15(11-16)9-4-3-5-10-15/h6-8H,3-5,9-11,16H2,1-2H3. The molecule has 1 aliphatic carbocycles. The van der Waals surface area contributed by atoms with Gasteiger partial charge in [-0.3, -0.25) is 0 Å². The van der Waals surface area contributed by atoms with E-state index in [9.17, 15) is 0 Å². The molecule has 0 radical (unpaired) electrons. The predicted octanol–water partition coefficient (Wildman–Crippen LogP) is 4.29. The SMILES string of the molecule is CSc1cccc(C2(CN)CCCCC2)c1SC. The third kappa shape index (κ3) is 2.59. The first-order valence-corrected chi connectivity index (χ1v) is 9.14. The summed E-state index contributed by atoms with van der Waals surface area (Å²) in [5.74, 6) is 0. The van der Waals surface area contributed by atoms with Crippen molar-refractivity contribution in [2.45, 2.75) is 47.3 Å². The van der Waals surface area contributed by atoms with E-state index in [-0.39, 0.29) is 5.41 Å². The largest absolute Gasteiger partial charge is 0.330 e. The van der Waals surface area contributed by atoms with Crippen LogP contribution in [0.15, 0.2) is 28.0 Å². The molecular formula is C15H23NS2.